The monoisotopic (exact) mass is 308 g/mol. The Morgan fingerprint density at radius 1 is 1.48 bits per heavy atom. The Bertz CT molecular complexity index is 486. The molecule has 1 saturated heterocycles. The number of piperidine rings is 1. The van der Waals surface area contributed by atoms with Crippen molar-refractivity contribution in [1.29, 1.82) is 0 Å². The largest absolute Gasteiger partial charge is 0.356 e. The van der Waals surface area contributed by atoms with Crippen molar-refractivity contribution in [3.8, 4) is 0 Å². The van der Waals surface area contributed by atoms with E-state index in [-0.39, 0.29) is 11.8 Å². The van der Waals surface area contributed by atoms with E-state index in [0.29, 0.717) is 19.5 Å². The number of likely N-dealkylation sites (tertiary alicyclic amines) is 1. The fourth-order valence-corrected chi connectivity index (χ4v) is 3.56. The van der Waals surface area contributed by atoms with Crippen LogP contribution in [0.4, 0.5) is 0 Å². The van der Waals surface area contributed by atoms with Gasteiger partial charge in [-0.25, -0.2) is 0 Å². The van der Waals surface area contributed by atoms with E-state index in [1.54, 1.807) is 11.3 Å². The Balaban J connectivity index is 1.90. The smallest absolute Gasteiger partial charge is 0.227 e. The van der Waals surface area contributed by atoms with Gasteiger partial charge in [0.2, 0.25) is 11.8 Å². The van der Waals surface area contributed by atoms with Gasteiger partial charge in [0.25, 0.3) is 0 Å². The first kappa shape index (κ1) is 16.0. The zero-order chi connectivity index (χ0) is 15.3. The van der Waals surface area contributed by atoms with Gasteiger partial charge in [-0.15, -0.1) is 11.3 Å². The predicted molar refractivity (Wildman–Crippen MR) is 85.2 cm³/mol. The van der Waals surface area contributed by atoms with Gasteiger partial charge in [0.1, 0.15) is 0 Å². The van der Waals surface area contributed by atoms with Crippen LogP contribution in [0.2, 0.25) is 0 Å². The second-order valence-electron chi connectivity index (χ2n) is 5.92. The Morgan fingerprint density at radius 2 is 2.29 bits per heavy atom. The minimum atomic E-state index is -0.438. The molecule has 1 fully saturated rings. The van der Waals surface area contributed by atoms with Crippen molar-refractivity contribution in [1.82, 2.24) is 10.2 Å². The molecule has 1 aliphatic heterocycles. The summed E-state index contributed by atoms with van der Waals surface area (Å²) >= 11 is 1.69. The van der Waals surface area contributed by atoms with E-state index in [2.05, 4.69) is 11.4 Å². The molecule has 2 rings (SSSR count). The summed E-state index contributed by atoms with van der Waals surface area (Å²) in [5.74, 6) is 0.236. The van der Waals surface area contributed by atoms with Crippen molar-refractivity contribution in [3.63, 3.8) is 0 Å². The topological polar surface area (TPSA) is 49.4 Å². The molecule has 0 aromatic carbocycles. The molecular formula is C16H24N2O2S. The second kappa shape index (κ2) is 7.07. The number of rotatable bonds is 5. The summed E-state index contributed by atoms with van der Waals surface area (Å²) in [6.07, 6.45) is 3.09. The lowest BCUT2D eigenvalue weighted by atomic mass is 9.81. The molecule has 1 unspecified atom stereocenters. The van der Waals surface area contributed by atoms with Crippen LogP contribution in [-0.4, -0.2) is 36.3 Å². The van der Waals surface area contributed by atoms with Crippen LogP contribution >= 0.6 is 11.3 Å². The van der Waals surface area contributed by atoms with Gasteiger partial charge in [0.15, 0.2) is 0 Å². The molecular weight excluding hydrogens is 284 g/mol. The van der Waals surface area contributed by atoms with Gasteiger partial charge >= 0.3 is 0 Å². The van der Waals surface area contributed by atoms with Gasteiger partial charge in [-0.2, -0.15) is 0 Å². The van der Waals surface area contributed by atoms with Crippen LogP contribution in [0.25, 0.3) is 0 Å². The van der Waals surface area contributed by atoms with Gasteiger partial charge in [-0.3, -0.25) is 9.59 Å². The van der Waals surface area contributed by atoms with Crippen LogP contribution in [-0.2, 0) is 16.0 Å². The van der Waals surface area contributed by atoms with Crippen molar-refractivity contribution in [2.45, 2.75) is 39.5 Å². The number of carbonyl (C=O) groups excluding carboxylic acids is 2. The van der Waals surface area contributed by atoms with Crippen LogP contribution < -0.4 is 5.32 Å². The highest BCUT2D eigenvalue weighted by atomic mass is 32.1. The van der Waals surface area contributed by atoms with E-state index in [4.69, 9.17) is 0 Å². The molecule has 0 spiro atoms. The van der Waals surface area contributed by atoms with Crippen LogP contribution in [0.5, 0.6) is 0 Å². The first-order valence-electron chi connectivity index (χ1n) is 7.63. The van der Waals surface area contributed by atoms with E-state index in [9.17, 15) is 9.59 Å². The molecule has 1 N–H and O–H groups in total. The highest BCUT2D eigenvalue weighted by molar-refractivity contribution is 7.09. The van der Waals surface area contributed by atoms with Crippen molar-refractivity contribution in [2.75, 3.05) is 19.6 Å². The molecule has 1 atom stereocenters. The molecule has 5 heteroatoms. The third-order valence-corrected chi connectivity index (χ3v) is 5.04. The Hall–Kier alpha value is -1.36. The molecule has 1 aromatic rings. The average Bonchev–Trinajstić information content (AvgIpc) is 2.98. The third-order valence-electron chi connectivity index (χ3n) is 4.10. The number of amides is 2. The SMILES string of the molecule is CCNC(=O)C1(C)CCCN(C(=O)CCc2cccs2)C1. The van der Waals surface area contributed by atoms with Gasteiger partial charge in [-0.1, -0.05) is 6.07 Å². The van der Waals surface area contributed by atoms with Crippen molar-refractivity contribution in [2.24, 2.45) is 5.41 Å². The van der Waals surface area contributed by atoms with Gasteiger partial charge < -0.3 is 10.2 Å². The molecule has 2 amide bonds. The fourth-order valence-electron chi connectivity index (χ4n) is 2.85. The minimum absolute atomic E-state index is 0.0701. The maximum Gasteiger partial charge on any atom is 0.227 e. The maximum atomic E-state index is 12.4. The molecule has 21 heavy (non-hydrogen) atoms. The van der Waals surface area contributed by atoms with E-state index < -0.39 is 5.41 Å². The Labute approximate surface area is 130 Å². The highest BCUT2D eigenvalue weighted by Crippen LogP contribution is 2.30. The summed E-state index contributed by atoms with van der Waals surface area (Å²) in [7, 11) is 0. The Kier molecular flexibility index (Phi) is 5.39. The number of aryl methyl sites for hydroxylation is 1. The van der Waals surface area contributed by atoms with Gasteiger partial charge in [0.05, 0.1) is 5.41 Å². The first-order chi connectivity index (χ1) is 10.0. The third kappa shape index (κ3) is 4.06. The quantitative estimate of drug-likeness (QED) is 0.908. The van der Waals surface area contributed by atoms with E-state index >= 15 is 0 Å². The second-order valence-corrected chi connectivity index (χ2v) is 6.95. The van der Waals surface area contributed by atoms with Crippen molar-refractivity contribution < 1.29 is 9.59 Å². The molecule has 0 bridgehead atoms. The number of nitrogens with one attached hydrogen (secondary N) is 1. The summed E-state index contributed by atoms with van der Waals surface area (Å²) < 4.78 is 0. The summed E-state index contributed by atoms with van der Waals surface area (Å²) in [6.45, 7) is 5.85. The lowest BCUT2D eigenvalue weighted by molar-refractivity contribution is -0.140. The lowest BCUT2D eigenvalue weighted by Crippen LogP contribution is -2.51. The summed E-state index contributed by atoms with van der Waals surface area (Å²) in [6, 6.07) is 4.07. The number of thiophene rings is 1. The van der Waals surface area contributed by atoms with Crippen LogP contribution in [0, 0.1) is 5.41 Å². The number of hydrogen-bond donors (Lipinski definition) is 1. The molecule has 4 nitrogen and oxygen atoms in total. The van der Waals surface area contributed by atoms with Crippen molar-refractivity contribution >= 4 is 23.2 Å². The standard InChI is InChI=1S/C16H24N2O2S/c1-3-17-15(20)16(2)9-5-10-18(12-16)14(19)8-7-13-6-4-11-21-13/h4,6,11H,3,5,7-10,12H2,1-2H3,(H,17,20). The van der Waals surface area contributed by atoms with Crippen molar-refractivity contribution in [3.05, 3.63) is 22.4 Å². The predicted octanol–water partition coefficient (Wildman–Crippen LogP) is 2.45. The molecule has 0 saturated carbocycles. The number of nitrogens with zero attached hydrogens (tertiary/aromatic N) is 1. The summed E-state index contributed by atoms with van der Waals surface area (Å²) in [5.41, 5.74) is -0.438. The zero-order valence-electron chi connectivity index (χ0n) is 12.9. The summed E-state index contributed by atoms with van der Waals surface area (Å²) in [4.78, 5) is 27.7. The Morgan fingerprint density at radius 3 is 2.95 bits per heavy atom. The lowest BCUT2D eigenvalue weighted by Gasteiger charge is -2.39. The maximum absolute atomic E-state index is 12.4. The van der Waals surface area contributed by atoms with E-state index in [0.717, 1.165) is 25.8 Å². The fraction of sp³-hybridized carbons (Fsp3) is 0.625. The highest BCUT2D eigenvalue weighted by Gasteiger charge is 2.38. The normalized spacial score (nSPS) is 22.1. The molecule has 0 aliphatic carbocycles. The number of hydrogen-bond acceptors (Lipinski definition) is 3. The molecule has 2 heterocycles. The first-order valence-corrected chi connectivity index (χ1v) is 8.51. The van der Waals surface area contributed by atoms with Gasteiger partial charge in [0, 0.05) is 30.9 Å². The average molecular weight is 308 g/mol. The molecule has 0 radical (unpaired) electrons. The van der Waals surface area contributed by atoms with Crippen LogP contribution in [0.3, 0.4) is 0 Å². The summed E-state index contributed by atoms with van der Waals surface area (Å²) in [5, 5.41) is 4.93. The zero-order valence-corrected chi connectivity index (χ0v) is 13.7. The molecule has 116 valence electrons. The minimum Gasteiger partial charge on any atom is -0.356 e. The number of carbonyl (C=O) groups is 2. The molecule has 1 aromatic heterocycles. The van der Waals surface area contributed by atoms with Crippen LogP contribution in [0.15, 0.2) is 17.5 Å². The van der Waals surface area contributed by atoms with Crippen LogP contribution in [0.1, 0.15) is 38.0 Å². The molecule has 1 aliphatic rings. The van der Waals surface area contributed by atoms with E-state index in [1.165, 1.54) is 4.88 Å². The van der Waals surface area contributed by atoms with E-state index in [1.807, 2.05) is 30.2 Å². The van der Waals surface area contributed by atoms with Gasteiger partial charge in [-0.05, 0) is 44.6 Å².